The number of hydrogen-bond acceptors (Lipinski definition) is 3. The third-order valence-electron chi connectivity index (χ3n) is 3.66. The molecule has 0 saturated carbocycles. The van der Waals surface area contributed by atoms with Crippen LogP contribution in [0, 0.1) is 6.92 Å². The average molecular weight is 286 g/mol. The first-order chi connectivity index (χ1) is 10.8. The highest BCUT2D eigenvalue weighted by molar-refractivity contribution is 5.77. The van der Waals surface area contributed by atoms with Gasteiger partial charge in [0.25, 0.3) is 0 Å². The predicted octanol–water partition coefficient (Wildman–Crippen LogP) is 3.79. The third kappa shape index (κ3) is 2.05. The van der Waals surface area contributed by atoms with Crippen molar-refractivity contribution in [3.8, 4) is 16.9 Å². The summed E-state index contributed by atoms with van der Waals surface area (Å²) in [4.78, 5) is 13.5. The van der Waals surface area contributed by atoms with Crippen LogP contribution in [0.5, 0.6) is 0 Å². The minimum Gasteiger partial charge on any atom is -0.281 e. The Bertz CT molecular complexity index is 927. The molecule has 0 fully saturated rings. The van der Waals surface area contributed by atoms with E-state index in [-0.39, 0.29) is 0 Å². The summed E-state index contributed by atoms with van der Waals surface area (Å²) in [6, 6.07) is 18.1. The van der Waals surface area contributed by atoms with Gasteiger partial charge in [0, 0.05) is 23.6 Å². The molecule has 3 heterocycles. The van der Waals surface area contributed by atoms with Gasteiger partial charge in [-0.1, -0.05) is 18.2 Å². The van der Waals surface area contributed by atoms with E-state index in [9.17, 15) is 0 Å². The van der Waals surface area contributed by atoms with Gasteiger partial charge in [-0.2, -0.15) is 0 Å². The fraction of sp³-hybridized carbons (Fsp3) is 0.0556. The zero-order valence-electron chi connectivity index (χ0n) is 12.1. The molecule has 0 aliphatic rings. The molecule has 0 amide bonds. The molecule has 106 valence electrons. The van der Waals surface area contributed by atoms with Crippen molar-refractivity contribution < 1.29 is 0 Å². The van der Waals surface area contributed by atoms with Gasteiger partial charge < -0.3 is 0 Å². The Labute approximate surface area is 128 Å². The Kier molecular flexibility index (Phi) is 2.93. The van der Waals surface area contributed by atoms with Crippen molar-refractivity contribution in [2.24, 2.45) is 0 Å². The molecular weight excluding hydrogens is 272 g/mol. The van der Waals surface area contributed by atoms with E-state index in [2.05, 4.69) is 26.7 Å². The molecule has 4 heteroatoms. The zero-order valence-corrected chi connectivity index (χ0v) is 12.1. The van der Waals surface area contributed by atoms with Gasteiger partial charge in [0.1, 0.15) is 11.3 Å². The van der Waals surface area contributed by atoms with Gasteiger partial charge in [0.05, 0.1) is 5.69 Å². The van der Waals surface area contributed by atoms with Gasteiger partial charge in [-0.15, -0.1) is 0 Å². The molecule has 0 aliphatic carbocycles. The maximum Gasteiger partial charge on any atom is 0.165 e. The normalized spacial score (nSPS) is 11.0. The number of rotatable bonds is 2. The third-order valence-corrected chi connectivity index (χ3v) is 3.66. The lowest BCUT2D eigenvalue weighted by molar-refractivity contribution is 0.988. The number of imidazole rings is 1. The Morgan fingerprint density at radius 3 is 2.36 bits per heavy atom. The quantitative estimate of drug-likeness (QED) is 0.563. The van der Waals surface area contributed by atoms with Crippen LogP contribution >= 0.6 is 0 Å². The van der Waals surface area contributed by atoms with Gasteiger partial charge in [-0.25, -0.2) is 9.97 Å². The second kappa shape index (κ2) is 5.07. The first-order valence-electron chi connectivity index (χ1n) is 7.15. The van der Waals surface area contributed by atoms with Gasteiger partial charge in [-0.3, -0.25) is 9.55 Å². The second-order valence-corrected chi connectivity index (χ2v) is 5.11. The Morgan fingerprint density at radius 1 is 0.818 bits per heavy atom. The highest BCUT2D eigenvalue weighted by Crippen LogP contribution is 2.23. The molecule has 0 unspecified atom stereocenters. The van der Waals surface area contributed by atoms with E-state index in [0.29, 0.717) is 0 Å². The van der Waals surface area contributed by atoms with Crippen molar-refractivity contribution in [3.05, 3.63) is 72.8 Å². The van der Waals surface area contributed by atoms with E-state index in [0.717, 1.165) is 33.9 Å². The van der Waals surface area contributed by atoms with Crippen molar-refractivity contribution in [2.75, 3.05) is 0 Å². The number of aryl methyl sites for hydroxylation is 1. The lowest BCUT2D eigenvalue weighted by atomic mass is 10.2. The van der Waals surface area contributed by atoms with Crippen LogP contribution in [0.25, 0.3) is 28.1 Å². The van der Waals surface area contributed by atoms with Crippen LogP contribution in [-0.2, 0) is 0 Å². The van der Waals surface area contributed by atoms with Crippen LogP contribution in [0.4, 0.5) is 0 Å². The molecule has 0 saturated heterocycles. The van der Waals surface area contributed by atoms with Crippen LogP contribution < -0.4 is 0 Å². The molecule has 1 aromatic carbocycles. The standard InChI is InChI=1S/C18H14N4/c1-13-20-17-8-7-16(14-9-11-19-12-10-14)21-18(17)22(13)15-5-3-2-4-6-15/h2-12H,1H3. The maximum absolute atomic E-state index is 4.82. The molecule has 3 aromatic heterocycles. The Hall–Kier alpha value is -3.01. The molecule has 0 spiro atoms. The zero-order chi connectivity index (χ0) is 14.9. The summed E-state index contributed by atoms with van der Waals surface area (Å²) >= 11 is 0. The minimum atomic E-state index is 0.873. The summed E-state index contributed by atoms with van der Waals surface area (Å²) in [5.41, 5.74) is 4.82. The van der Waals surface area contributed by atoms with Gasteiger partial charge in [0.2, 0.25) is 0 Å². The topological polar surface area (TPSA) is 43.6 Å². The van der Waals surface area contributed by atoms with Gasteiger partial charge >= 0.3 is 0 Å². The first-order valence-corrected chi connectivity index (χ1v) is 7.15. The summed E-state index contributed by atoms with van der Waals surface area (Å²) in [5.74, 6) is 0.931. The van der Waals surface area contributed by atoms with Crippen molar-refractivity contribution in [1.29, 1.82) is 0 Å². The average Bonchev–Trinajstić information content (AvgIpc) is 2.91. The van der Waals surface area contributed by atoms with Crippen molar-refractivity contribution >= 4 is 11.2 Å². The highest BCUT2D eigenvalue weighted by atomic mass is 15.1. The van der Waals surface area contributed by atoms with E-state index < -0.39 is 0 Å². The predicted molar refractivity (Wildman–Crippen MR) is 86.8 cm³/mol. The Morgan fingerprint density at radius 2 is 1.59 bits per heavy atom. The van der Waals surface area contributed by atoms with E-state index in [1.54, 1.807) is 12.4 Å². The number of para-hydroxylation sites is 1. The second-order valence-electron chi connectivity index (χ2n) is 5.11. The molecule has 4 nitrogen and oxygen atoms in total. The van der Waals surface area contributed by atoms with Crippen LogP contribution in [0.2, 0.25) is 0 Å². The number of pyridine rings is 2. The molecule has 4 aromatic rings. The summed E-state index contributed by atoms with van der Waals surface area (Å²) in [7, 11) is 0. The van der Waals surface area contributed by atoms with E-state index in [4.69, 9.17) is 4.98 Å². The molecule has 0 radical (unpaired) electrons. The number of fused-ring (bicyclic) bond motifs is 1. The number of benzene rings is 1. The summed E-state index contributed by atoms with van der Waals surface area (Å²) in [6.45, 7) is 2.00. The first kappa shape index (κ1) is 12.7. The summed E-state index contributed by atoms with van der Waals surface area (Å²) in [6.07, 6.45) is 3.56. The number of nitrogens with zero attached hydrogens (tertiary/aromatic N) is 4. The fourth-order valence-electron chi connectivity index (χ4n) is 2.64. The highest BCUT2D eigenvalue weighted by Gasteiger charge is 2.11. The maximum atomic E-state index is 4.82. The van der Waals surface area contributed by atoms with Crippen molar-refractivity contribution in [1.82, 2.24) is 19.5 Å². The molecular formula is C18H14N4. The molecule has 4 rings (SSSR count). The largest absolute Gasteiger partial charge is 0.281 e. The number of hydrogen-bond donors (Lipinski definition) is 0. The lowest BCUT2D eigenvalue weighted by Gasteiger charge is -2.07. The molecule has 0 atom stereocenters. The Balaban J connectivity index is 1.96. The van der Waals surface area contributed by atoms with Crippen molar-refractivity contribution in [2.45, 2.75) is 6.92 Å². The smallest absolute Gasteiger partial charge is 0.165 e. The summed E-state index contributed by atoms with van der Waals surface area (Å²) in [5, 5.41) is 0. The molecule has 0 bridgehead atoms. The van der Waals surface area contributed by atoms with Crippen LogP contribution in [0.3, 0.4) is 0 Å². The summed E-state index contributed by atoms with van der Waals surface area (Å²) < 4.78 is 2.08. The van der Waals surface area contributed by atoms with E-state index in [1.807, 2.05) is 49.4 Å². The molecule has 0 N–H and O–H groups in total. The molecule has 0 aliphatic heterocycles. The SMILES string of the molecule is Cc1nc2ccc(-c3ccncc3)nc2n1-c1ccccc1. The van der Waals surface area contributed by atoms with Crippen LogP contribution in [0.1, 0.15) is 5.82 Å². The minimum absolute atomic E-state index is 0.873. The fourth-order valence-corrected chi connectivity index (χ4v) is 2.64. The van der Waals surface area contributed by atoms with Gasteiger partial charge in [-0.05, 0) is 43.3 Å². The lowest BCUT2D eigenvalue weighted by Crippen LogP contribution is -1.98. The van der Waals surface area contributed by atoms with E-state index >= 15 is 0 Å². The van der Waals surface area contributed by atoms with Crippen molar-refractivity contribution in [3.63, 3.8) is 0 Å². The number of aromatic nitrogens is 4. The molecule has 22 heavy (non-hydrogen) atoms. The van der Waals surface area contributed by atoms with Crippen LogP contribution in [0.15, 0.2) is 67.0 Å². The monoisotopic (exact) mass is 286 g/mol. The van der Waals surface area contributed by atoms with E-state index in [1.165, 1.54) is 0 Å². The van der Waals surface area contributed by atoms with Crippen LogP contribution in [-0.4, -0.2) is 19.5 Å². The van der Waals surface area contributed by atoms with Gasteiger partial charge in [0.15, 0.2) is 5.65 Å².